The van der Waals surface area contributed by atoms with E-state index >= 15 is 0 Å². The number of benzene rings is 2. The predicted molar refractivity (Wildman–Crippen MR) is 114 cm³/mol. The van der Waals surface area contributed by atoms with Crippen LogP contribution in [0.15, 0.2) is 48.5 Å². The van der Waals surface area contributed by atoms with Crippen LogP contribution in [-0.2, 0) is 6.42 Å². The molecule has 1 aliphatic carbocycles. The van der Waals surface area contributed by atoms with E-state index < -0.39 is 0 Å². The van der Waals surface area contributed by atoms with Crippen molar-refractivity contribution in [2.45, 2.75) is 38.1 Å². The third-order valence-electron chi connectivity index (χ3n) is 6.43. The largest absolute Gasteiger partial charge is 0.338 e. The summed E-state index contributed by atoms with van der Waals surface area (Å²) in [4.78, 5) is 14.6. The summed E-state index contributed by atoms with van der Waals surface area (Å²) in [5, 5.41) is 5.60. The molecular weight excluding hydrogens is 384 g/mol. The van der Waals surface area contributed by atoms with Crippen molar-refractivity contribution in [3.05, 3.63) is 65.7 Å². The molecule has 2 N–H and O–H groups in total. The van der Waals surface area contributed by atoms with Gasteiger partial charge in [-0.2, -0.15) is 0 Å². The molecule has 5 rings (SSSR count). The number of anilines is 1. The number of halogens is 2. The smallest absolute Gasteiger partial charge is 0.319 e. The number of carbonyl (C=O) groups is 1. The standard InChI is InChI=1S/C24H29F2N3O/c25-20-5-2-17(3-6-20)14-19-15-18-4-11-23(19)29(16-18)13-1-12-27-24(30)28-22-9-7-21(26)8-10-22/h2-3,5-10,18-19,23H,1,4,11-16H2,(H2,27,28,30)/t18-,19+,23-/m1/s1. The van der Waals surface area contributed by atoms with E-state index in [1.807, 2.05) is 12.1 Å². The minimum Gasteiger partial charge on any atom is -0.338 e. The van der Waals surface area contributed by atoms with E-state index in [2.05, 4.69) is 15.5 Å². The van der Waals surface area contributed by atoms with Gasteiger partial charge in [-0.3, -0.25) is 4.90 Å². The van der Waals surface area contributed by atoms with Gasteiger partial charge in [0.15, 0.2) is 0 Å². The van der Waals surface area contributed by atoms with Crippen molar-refractivity contribution in [2.75, 3.05) is 25.0 Å². The summed E-state index contributed by atoms with van der Waals surface area (Å²) in [6.07, 6.45) is 5.70. The monoisotopic (exact) mass is 413 g/mol. The summed E-state index contributed by atoms with van der Waals surface area (Å²) in [6, 6.07) is 13.0. The summed E-state index contributed by atoms with van der Waals surface area (Å²) >= 11 is 0. The molecule has 3 atom stereocenters. The fourth-order valence-corrected chi connectivity index (χ4v) is 5.05. The Labute approximate surface area is 176 Å². The number of urea groups is 1. The van der Waals surface area contributed by atoms with Crippen LogP contribution in [0.3, 0.4) is 0 Å². The molecule has 2 aliphatic heterocycles. The molecular formula is C24H29F2N3O. The number of amides is 2. The van der Waals surface area contributed by atoms with Crippen molar-refractivity contribution in [3.63, 3.8) is 0 Å². The average Bonchev–Trinajstić information content (AvgIpc) is 2.75. The van der Waals surface area contributed by atoms with Crippen molar-refractivity contribution < 1.29 is 13.6 Å². The normalized spacial score (nSPS) is 23.3. The lowest BCUT2D eigenvalue weighted by atomic mass is 9.70. The number of fused-ring (bicyclic) bond motifs is 3. The minimum atomic E-state index is -0.325. The van der Waals surface area contributed by atoms with Crippen LogP contribution in [0.5, 0.6) is 0 Å². The molecule has 6 heteroatoms. The lowest BCUT2D eigenvalue weighted by Crippen LogP contribution is -2.54. The molecule has 3 aliphatic rings. The van der Waals surface area contributed by atoms with Crippen molar-refractivity contribution >= 4 is 11.7 Å². The minimum absolute atomic E-state index is 0.179. The topological polar surface area (TPSA) is 44.4 Å². The van der Waals surface area contributed by atoms with Crippen molar-refractivity contribution in [1.29, 1.82) is 0 Å². The molecule has 1 saturated carbocycles. The van der Waals surface area contributed by atoms with Crippen LogP contribution in [0, 0.1) is 23.5 Å². The van der Waals surface area contributed by atoms with Crippen LogP contribution in [0.4, 0.5) is 19.3 Å². The molecule has 4 nitrogen and oxygen atoms in total. The zero-order valence-corrected chi connectivity index (χ0v) is 17.1. The zero-order valence-electron chi connectivity index (χ0n) is 17.1. The first kappa shape index (κ1) is 20.8. The molecule has 2 amide bonds. The Morgan fingerprint density at radius 3 is 2.40 bits per heavy atom. The Bertz CT molecular complexity index is 841. The Morgan fingerprint density at radius 2 is 1.70 bits per heavy atom. The van der Waals surface area contributed by atoms with Gasteiger partial charge in [0, 0.05) is 31.4 Å². The maximum atomic E-state index is 13.2. The SMILES string of the molecule is O=C(NCCCN1C[C@@H]2CC[C@@H]1[C@@H](Cc1ccc(F)cc1)C2)Nc1ccc(F)cc1. The van der Waals surface area contributed by atoms with Gasteiger partial charge in [0.1, 0.15) is 11.6 Å². The van der Waals surface area contributed by atoms with E-state index in [-0.39, 0.29) is 17.7 Å². The van der Waals surface area contributed by atoms with Gasteiger partial charge in [-0.05, 0) is 85.9 Å². The Balaban J connectivity index is 1.22. The van der Waals surface area contributed by atoms with Crippen LogP contribution in [-0.4, -0.2) is 36.6 Å². The molecule has 0 unspecified atom stereocenters. The van der Waals surface area contributed by atoms with Crippen LogP contribution in [0.1, 0.15) is 31.2 Å². The van der Waals surface area contributed by atoms with Crippen LogP contribution in [0.2, 0.25) is 0 Å². The second-order valence-electron chi connectivity index (χ2n) is 8.57. The second-order valence-corrected chi connectivity index (χ2v) is 8.57. The molecule has 0 aromatic heterocycles. The number of hydrogen-bond acceptors (Lipinski definition) is 2. The molecule has 30 heavy (non-hydrogen) atoms. The number of piperidine rings is 2. The fraction of sp³-hybridized carbons (Fsp3) is 0.458. The van der Waals surface area contributed by atoms with Gasteiger partial charge < -0.3 is 10.6 Å². The molecule has 2 heterocycles. The molecule has 2 aromatic carbocycles. The first-order valence-electron chi connectivity index (χ1n) is 10.9. The van der Waals surface area contributed by atoms with E-state index in [1.54, 1.807) is 24.3 Å². The first-order valence-corrected chi connectivity index (χ1v) is 10.9. The van der Waals surface area contributed by atoms with Gasteiger partial charge in [0.05, 0.1) is 0 Å². The van der Waals surface area contributed by atoms with Gasteiger partial charge >= 0.3 is 6.03 Å². The van der Waals surface area contributed by atoms with Crippen LogP contribution >= 0.6 is 0 Å². The zero-order chi connectivity index (χ0) is 20.9. The molecule has 2 aromatic rings. The molecule has 2 bridgehead atoms. The van der Waals surface area contributed by atoms with E-state index in [4.69, 9.17) is 0 Å². The van der Waals surface area contributed by atoms with E-state index in [1.165, 1.54) is 37.0 Å². The van der Waals surface area contributed by atoms with Crippen LogP contribution in [0.25, 0.3) is 0 Å². The number of nitrogens with zero attached hydrogens (tertiary/aromatic N) is 1. The maximum Gasteiger partial charge on any atom is 0.319 e. The Morgan fingerprint density at radius 1 is 1.00 bits per heavy atom. The quantitative estimate of drug-likeness (QED) is 0.639. The molecule has 160 valence electrons. The summed E-state index contributed by atoms with van der Waals surface area (Å²) in [7, 11) is 0. The molecule has 2 saturated heterocycles. The number of nitrogens with one attached hydrogen (secondary N) is 2. The second kappa shape index (κ2) is 9.56. The molecule has 0 radical (unpaired) electrons. The van der Waals surface area contributed by atoms with Gasteiger partial charge in [-0.15, -0.1) is 0 Å². The summed E-state index contributed by atoms with van der Waals surface area (Å²) in [6.45, 7) is 2.72. The molecule has 3 fully saturated rings. The third-order valence-corrected chi connectivity index (χ3v) is 6.43. The number of hydrogen-bond donors (Lipinski definition) is 2. The van der Waals surface area contributed by atoms with E-state index in [0.29, 0.717) is 24.2 Å². The lowest BCUT2D eigenvalue weighted by molar-refractivity contribution is 0.000976. The fourth-order valence-electron chi connectivity index (χ4n) is 5.05. The van der Waals surface area contributed by atoms with Crippen molar-refractivity contribution in [3.8, 4) is 0 Å². The summed E-state index contributed by atoms with van der Waals surface area (Å²) in [5.41, 5.74) is 1.79. The third kappa shape index (κ3) is 5.36. The van der Waals surface area contributed by atoms with Gasteiger partial charge in [0.2, 0.25) is 0 Å². The first-order chi connectivity index (χ1) is 14.6. The van der Waals surface area contributed by atoms with Crippen molar-refractivity contribution in [2.24, 2.45) is 11.8 Å². The Kier molecular flexibility index (Phi) is 6.62. The van der Waals surface area contributed by atoms with E-state index in [0.717, 1.165) is 31.8 Å². The van der Waals surface area contributed by atoms with Crippen molar-refractivity contribution in [1.82, 2.24) is 10.2 Å². The predicted octanol–water partition coefficient (Wildman–Crippen LogP) is 4.82. The van der Waals surface area contributed by atoms with Crippen LogP contribution < -0.4 is 10.6 Å². The highest BCUT2D eigenvalue weighted by atomic mass is 19.1. The highest BCUT2D eigenvalue weighted by Gasteiger charge is 2.40. The van der Waals surface area contributed by atoms with E-state index in [9.17, 15) is 13.6 Å². The average molecular weight is 414 g/mol. The summed E-state index contributed by atoms with van der Waals surface area (Å²) < 4.78 is 26.1. The highest BCUT2D eigenvalue weighted by molar-refractivity contribution is 5.89. The Hall–Kier alpha value is -2.47. The van der Waals surface area contributed by atoms with Gasteiger partial charge in [-0.25, -0.2) is 13.6 Å². The highest BCUT2D eigenvalue weighted by Crippen LogP contribution is 2.40. The lowest BCUT2D eigenvalue weighted by Gasteiger charge is -2.50. The van der Waals surface area contributed by atoms with Gasteiger partial charge in [-0.1, -0.05) is 12.1 Å². The number of carbonyl (C=O) groups excluding carboxylic acids is 1. The maximum absolute atomic E-state index is 13.2. The van der Waals surface area contributed by atoms with Gasteiger partial charge in [0.25, 0.3) is 0 Å². The summed E-state index contributed by atoms with van der Waals surface area (Å²) in [5.74, 6) is 0.865. The molecule has 0 spiro atoms. The number of rotatable bonds is 7.